The van der Waals surface area contributed by atoms with Crippen LogP contribution in [0.1, 0.15) is 19.3 Å². The molecule has 2 unspecified atom stereocenters. The third kappa shape index (κ3) is 5.64. The molecule has 128 valence electrons. The van der Waals surface area contributed by atoms with Gasteiger partial charge in [-0.2, -0.15) is 13.2 Å². The van der Waals surface area contributed by atoms with Gasteiger partial charge < -0.3 is 15.5 Å². The van der Waals surface area contributed by atoms with Crippen LogP contribution in [0, 0.1) is 11.8 Å². The van der Waals surface area contributed by atoms with Crippen LogP contribution in [0.2, 0.25) is 0 Å². The smallest absolute Gasteiger partial charge is 0.356 e. The lowest BCUT2D eigenvalue weighted by molar-refractivity contribution is -0.157. The van der Waals surface area contributed by atoms with E-state index in [4.69, 9.17) is 0 Å². The van der Waals surface area contributed by atoms with Crippen molar-refractivity contribution in [1.82, 2.24) is 15.5 Å². The molecule has 5 nitrogen and oxygen atoms in total. The highest BCUT2D eigenvalue weighted by Gasteiger charge is 2.40. The van der Waals surface area contributed by atoms with Crippen LogP contribution in [0.3, 0.4) is 0 Å². The van der Waals surface area contributed by atoms with E-state index in [-0.39, 0.29) is 31.3 Å². The fraction of sp³-hybridized carbons (Fsp3) is 0.846. The molecule has 2 heterocycles. The Bertz CT molecular complexity index is 400. The molecule has 2 aliphatic rings. The van der Waals surface area contributed by atoms with E-state index < -0.39 is 24.5 Å². The number of carbonyl (C=O) groups is 2. The van der Waals surface area contributed by atoms with Crippen molar-refractivity contribution in [3.05, 3.63) is 0 Å². The molecule has 0 aliphatic carbocycles. The fourth-order valence-electron chi connectivity index (χ4n) is 2.82. The van der Waals surface area contributed by atoms with Gasteiger partial charge in [-0.25, -0.2) is 0 Å². The van der Waals surface area contributed by atoms with Crippen LogP contribution in [0.25, 0.3) is 0 Å². The van der Waals surface area contributed by atoms with E-state index in [0.717, 1.165) is 25.9 Å². The summed E-state index contributed by atoms with van der Waals surface area (Å²) in [5.41, 5.74) is 0. The summed E-state index contributed by atoms with van der Waals surface area (Å²) in [5.74, 6) is -1.05. The number of likely N-dealkylation sites (tertiary alicyclic amines) is 1. The Morgan fingerprint density at radius 3 is 2.73 bits per heavy atom. The molecule has 2 rings (SSSR count). The van der Waals surface area contributed by atoms with E-state index in [1.165, 1.54) is 0 Å². The van der Waals surface area contributed by atoms with Gasteiger partial charge in [0.15, 0.2) is 0 Å². The van der Waals surface area contributed by atoms with Crippen molar-refractivity contribution in [1.29, 1.82) is 0 Å². The number of nitrogens with one attached hydrogen (secondary N) is 2. The number of carbonyl (C=O) groups excluding carboxylic acids is 2. The molecule has 0 bridgehead atoms. The van der Waals surface area contributed by atoms with Crippen LogP contribution in [-0.2, 0) is 9.59 Å². The molecule has 2 aliphatic heterocycles. The summed E-state index contributed by atoms with van der Waals surface area (Å²) < 4.78 is 36.9. The van der Waals surface area contributed by atoms with Gasteiger partial charge in [0.2, 0.25) is 11.8 Å². The topological polar surface area (TPSA) is 61.4 Å². The lowest BCUT2D eigenvalue weighted by atomic mass is 10.0. The summed E-state index contributed by atoms with van der Waals surface area (Å²) in [5, 5.41) is 5.96. The molecular formula is C13H21ClF3N3O2. The molecule has 2 amide bonds. The zero-order valence-corrected chi connectivity index (χ0v) is 12.9. The highest BCUT2D eigenvalue weighted by Crippen LogP contribution is 2.24. The van der Waals surface area contributed by atoms with Crippen molar-refractivity contribution in [2.75, 3.05) is 32.7 Å². The second kappa shape index (κ2) is 8.01. The summed E-state index contributed by atoms with van der Waals surface area (Å²) in [6.45, 7) is 1.02. The summed E-state index contributed by atoms with van der Waals surface area (Å²) in [6.07, 6.45) is -2.62. The molecule has 0 spiro atoms. The summed E-state index contributed by atoms with van der Waals surface area (Å²) in [7, 11) is 0. The predicted molar refractivity (Wildman–Crippen MR) is 76.6 cm³/mol. The lowest BCUT2D eigenvalue weighted by Crippen LogP contribution is -2.37. The van der Waals surface area contributed by atoms with E-state index in [0.29, 0.717) is 17.4 Å². The van der Waals surface area contributed by atoms with Crippen molar-refractivity contribution in [2.45, 2.75) is 25.4 Å². The Hall–Kier alpha value is -1.02. The van der Waals surface area contributed by atoms with Crippen LogP contribution in [0.15, 0.2) is 0 Å². The molecule has 2 atom stereocenters. The fourth-order valence-corrected chi connectivity index (χ4v) is 2.82. The molecule has 0 saturated carbocycles. The monoisotopic (exact) mass is 343 g/mol. The Morgan fingerprint density at radius 1 is 1.41 bits per heavy atom. The van der Waals surface area contributed by atoms with Crippen molar-refractivity contribution in [3.63, 3.8) is 0 Å². The quantitative estimate of drug-likeness (QED) is 0.781. The Kier molecular flexibility index (Phi) is 6.93. The zero-order valence-electron chi connectivity index (χ0n) is 12.1. The maximum absolute atomic E-state index is 12.3. The van der Waals surface area contributed by atoms with Gasteiger partial charge >= 0.3 is 6.18 Å². The lowest BCUT2D eigenvalue weighted by Gasteiger charge is -2.18. The average Bonchev–Trinajstić information content (AvgIpc) is 2.98. The molecule has 0 aromatic rings. The van der Waals surface area contributed by atoms with Crippen LogP contribution < -0.4 is 10.6 Å². The minimum Gasteiger partial charge on any atom is -0.356 e. The second-order valence-electron chi connectivity index (χ2n) is 5.73. The van der Waals surface area contributed by atoms with E-state index in [1.54, 1.807) is 0 Å². The highest BCUT2D eigenvalue weighted by molar-refractivity contribution is 5.89. The molecule has 0 aromatic heterocycles. The summed E-state index contributed by atoms with van der Waals surface area (Å²) in [4.78, 5) is 24.1. The van der Waals surface area contributed by atoms with E-state index in [1.807, 2.05) is 0 Å². The third-order valence-electron chi connectivity index (χ3n) is 3.97. The molecule has 2 fully saturated rings. The van der Waals surface area contributed by atoms with E-state index >= 15 is 0 Å². The Balaban J connectivity index is 0.00000242. The first kappa shape index (κ1) is 19.0. The first-order valence-corrected chi connectivity index (χ1v) is 7.18. The third-order valence-corrected chi connectivity index (χ3v) is 3.97. The molecule has 2 N–H and O–H groups in total. The minimum atomic E-state index is -4.42. The van der Waals surface area contributed by atoms with E-state index in [9.17, 15) is 22.8 Å². The summed E-state index contributed by atoms with van der Waals surface area (Å²) in [6, 6.07) is 0. The molecule has 2 saturated heterocycles. The van der Waals surface area contributed by atoms with Gasteiger partial charge in [0.05, 0.1) is 5.92 Å². The van der Waals surface area contributed by atoms with Crippen LogP contribution in [0.5, 0.6) is 0 Å². The van der Waals surface area contributed by atoms with Crippen LogP contribution in [-0.4, -0.2) is 55.6 Å². The zero-order chi connectivity index (χ0) is 15.5. The molecule has 22 heavy (non-hydrogen) atoms. The second-order valence-corrected chi connectivity index (χ2v) is 5.73. The van der Waals surface area contributed by atoms with Gasteiger partial charge in [-0.3, -0.25) is 9.59 Å². The first-order valence-electron chi connectivity index (χ1n) is 7.18. The maximum Gasteiger partial charge on any atom is 0.406 e. The van der Waals surface area contributed by atoms with Crippen LogP contribution in [0.4, 0.5) is 13.2 Å². The Morgan fingerprint density at radius 2 is 2.14 bits per heavy atom. The number of hydrogen-bond donors (Lipinski definition) is 2. The van der Waals surface area contributed by atoms with Crippen molar-refractivity contribution in [3.8, 4) is 0 Å². The van der Waals surface area contributed by atoms with Crippen LogP contribution >= 0.6 is 12.4 Å². The van der Waals surface area contributed by atoms with Gasteiger partial charge in [-0.1, -0.05) is 0 Å². The van der Waals surface area contributed by atoms with Crippen molar-refractivity contribution in [2.24, 2.45) is 11.8 Å². The molecular weight excluding hydrogens is 323 g/mol. The van der Waals surface area contributed by atoms with Gasteiger partial charge in [0.25, 0.3) is 0 Å². The standard InChI is InChI=1S/C13H20F3N3O2.ClH/c14-13(15,16)8-19-7-10(5-11(19)20)12(21)18-4-2-9-1-3-17-6-9;/h9-10,17H,1-8H2,(H,18,21);1H. The van der Waals surface area contributed by atoms with E-state index in [2.05, 4.69) is 10.6 Å². The highest BCUT2D eigenvalue weighted by atomic mass is 35.5. The normalized spacial score (nSPS) is 25.2. The van der Waals surface area contributed by atoms with Crippen molar-refractivity contribution >= 4 is 24.2 Å². The van der Waals surface area contributed by atoms with Crippen molar-refractivity contribution < 1.29 is 22.8 Å². The molecule has 9 heteroatoms. The SMILES string of the molecule is Cl.O=C(NCCC1CCNC1)C1CC(=O)N(CC(F)(F)F)C1. The number of alkyl halides is 3. The van der Waals surface area contributed by atoms with Gasteiger partial charge in [0, 0.05) is 19.5 Å². The van der Waals surface area contributed by atoms with Gasteiger partial charge in [0.1, 0.15) is 6.54 Å². The predicted octanol–water partition coefficient (Wildman–Crippen LogP) is 0.935. The maximum atomic E-state index is 12.3. The average molecular weight is 344 g/mol. The van der Waals surface area contributed by atoms with Gasteiger partial charge in [-0.15, -0.1) is 12.4 Å². The largest absolute Gasteiger partial charge is 0.406 e. The molecule has 0 radical (unpaired) electrons. The number of amides is 2. The number of hydrogen-bond acceptors (Lipinski definition) is 3. The molecule has 0 aromatic carbocycles. The first-order chi connectivity index (χ1) is 9.85. The number of nitrogens with zero attached hydrogens (tertiary/aromatic N) is 1. The van der Waals surface area contributed by atoms with Gasteiger partial charge in [-0.05, 0) is 31.8 Å². The number of halogens is 4. The number of rotatable bonds is 5. The summed E-state index contributed by atoms with van der Waals surface area (Å²) >= 11 is 0. The Labute approximate surface area is 133 Å². The minimum absolute atomic E-state index is 0.